The molecule has 2 rings (SSSR count). The quantitative estimate of drug-likeness (QED) is 0.658. The fraction of sp³-hybridized carbons (Fsp3) is 0.909. The summed E-state index contributed by atoms with van der Waals surface area (Å²) >= 11 is 0. The highest BCUT2D eigenvalue weighted by molar-refractivity contribution is 5.78. The van der Waals surface area contributed by atoms with Crippen LogP contribution in [0.4, 0.5) is 0 Å². The Labute approximate surface area is 91.6 Å². The van der Waals surface area contributed by atoms with Crippen molar-refractivity contribution in [2.45, 2.75) is 25.3 Å². The van der Waals surface area contributed by atoms with Gasteiger partial charge in [-0.15, -0.1) is 0 Å². The summed E-state index contributed by atoms with van der Waals surface area (Å²) in [5, 5.41) is 3.17. The minimum Gasteiger partial charge on any atom is -0.338 e. The lowest BCUT2D eigenvalue weighted by molar-refractivity contribution is -0.132. The number of piperidine rings is 1. The summed E-state index contributed by atoms with van der Waals surface area (Å²) in [6.07, 6.45) is 3.38. The van der Waals surface area contributed by atoms with Gasteiger partial charge in [-0.1, -0.05) is 0 Å². The van der Waals surface area contributed by atoms with Gasteiger partial charge in [0.05, 0.1) is 6.54 Å². The number of nitrogens with zero attached hydrogens (tertiary/aromatic N) is 2. The van der Waals surface area contributed by atoms with Crippen LogP contribution in [0.2, 0.25) is 0 Å². The minimum atomic E-state index is 0.294. The second-order valence-corrected chi connectivity index (χ2v) is 4.65. The van der Waals surface area contributed by atoms with E-state index < -0.39 is 0 Å². The van der Waals surface area contributed by atoms with Gasteiger partial charge in [-0.3, -0.25) is 4.79 Å². The van der Waals surface area contributed by atoms with E-state index in [0.717, 1.165) is 45.4 Å². The van der Waals surface area contributed by atoms with E-state index in [1.54, 1.807) is 0 Å². The Kier molecular flexibility index (Phi) is 3.59. The fourth-order valence-corrected chi connectivity index (χ4v) is 2.49. The number of amides is 1. The molecule has 2 heterocycles. The molecule has 0 saturated carbocycles. The Morgan fingerprint density at radius 2 is 2.00 bits per heavy atom. The van der Waals surface area contributed by atoms with Crippen molar-refractivity contribution in [1.29, 1.82) is 0 Å². The summed E-state index contributed by atoms with van der Waals surface area (Å²) in [7, 11) is 2.15. The Morgan fingerprint density at radius 3 is 2.73 bits per heavy atom. The highest BCUT2D eigenvalue weighted by Gasteiger charge is 2.27. The maximum absolute atomic E-state index is 11.8. The summed E-state index contributed by atoms with van der Waals surface area (Å²) in [6, 6.07) is 0.494. The first-order chi connectivity index (χ1) is 7.27. The molecule has 2 aliphatic heterocycles. The number of rotatable bonds is 1. The highest BCUT2D eigenvalue weighted by atomic mass is 16.2. The van der Waals surface area contributed by atoms with Gasteiger partial charge >= 0.3 is 0 Å². The number of hydrogen-bond donors (Lipinski definition) is 1. The number of carbonyl (C=O) groups is 1. The maximum atomic E-state index is 11.8. The van der Waals surface area contributed by atoms with E-state index in [1.807, 2.05) is 0 Å². The Hall–Kier alpha value is -0.610. The average molecular weight is 211 g/mol. The maximum Gasteiger partial charge on any atom is 0.236 e. The lowest BCUT2D eigenvalue weighted by Crippen LogP contribution is -2.47. The molecule has 2 aliphatic rings. The van der Waals surface area contributed by atoms with Crippen LogP contribution < -0.4 is 5.32 Å². The molecule has 1 amide bonds. The molecule has 4 heteroatoms. The van der Waals surface area contributed by atoms with Crippen LogP contribution in [0.5, 0.6) is 0 Å². The summed E-state index contributed by atoms with van der Waals surface area (Å²) in [6.45, 7) is 4.71. The van der Waals surface area contributed by atoms with Gasteiger partial charge in [0.1, 0.15) is 0 Å². The van der Waals surface area contributed by atoms with Gasteiger partial charge < -0.3 is 15.1 Å². The molecule has 0 atom stereocenters. The van der Waals surface area contributed by atoms with Crippen LogP contribution in [-0.2, 0) is 4.79 Å². The zero-order valence-electron chi connectivity index (χ0n) is 9.54. The van der Waals surface area contributed by atoms with Crippen molar-refractivity contribution in [3.05, 3.63) is 0 Å². The molecule has 2 saturated heterocycles. The van der Waals surface area contributed by atoms with Crippen LogP contribution in [0.3, 0.4) is 0 Å². The first-order valence-electron chi connectivity index (χ1n) is 5.96. The third-order valence-electron chi connectivity index (χ3n) is 3.48. The minimum absolute atomic E-state index is 0.294. The van der Waals surface area contributed by atoms with E-state index in [0.29, 0.717) is 18.5 Å². The third kappa shape index (κ3) is 2.69. The highest BCUT2D eigenvalue weighted by Crippen LogP contribution is 2.16. The molecule has 0 spiro atoms. The molecule has 0 aliphatic carbocycles. The van der Waals surface area contributed by atoms with Crippen LogP contribution in [-0.4, -0.2) is 61.5 Å². The molecule has 86 valence electrons. The molecule has 2 fully saturated rings. The topological polar surface area (TPSA) is 35.6 Å². The second kappa shape index (κ2) is 4.94. The number of likely N-dealkylation sites (tertiary alicyclic amines) is 1. The van der Waals surface area contributed by atoms with Crippen molar-refractivity contribution in [1.82, 2.24) is 15.1 Å². The van der Waals surface area contributed by atoms with Gasteiger partial charge in [0.15, 0.2) is 0 Å². The molecule has 0 aromatic rings. The van der Waals surface area contributed by atoms with Crippen molar-refractivity contribution in [3.63, 3.8) is 0 Å². The molecule has 15 heavy (non-hydrogen) atoms. The SMILES string of the molecule is CN1CCC(N2CCCNCC2=O)CC1. The molecule has 1 N–H and O–H groups in total. The first-order valence-corrected chi connectivity index (χ1v) is 5.96. The summed E-state index contributed by atoms with van der Waals surface area (Å²) < 4.78 is 0. The largest absolute Gasteiger partial charge is 0.338 e. The molecule has 4 nitrogen and oxygen atoms in total. The van der Waals surface area contributed by atoms with E-state index in [4.69, 9.17) is 0 Å². The molecule has 0 bridgehead atoms. The van der Waals surface area contributed by atoms with Gasteiger partial charge in [0.2, 0.25) is 5.91 Å². The second-order valence-electron chi connectivity index (χ2n) is 4.65. The van der Waals surface area contributed by atoms with Crippen LogP contribution in [0, 0.1) is 0 Å². The van der Waals surface area contributed by atoms with Crippen LogP contribution in [0.1, 0.15) is 19.3 Å². The predicted molar refractivity (Wildman–Crippen MR) is 59.7 cm³/mol. The molecule has 0 unspecified atom stereocenters. The normalized spacial score (nSPS) is 26.7. The van der Waals surface area contributed by atoms with Crippen molar-refractivity contribution in [3.8, 4) is 0 Å². The van der Waals surface area contributed by atoms with Crippen LogP contribution in [0.25, 0.3) is 0 Å². The standard InChI is InChI=1S/C11H21N3O/c1-13-7-3-10(4-8-13)14-6-2-5-12-9-11(14)15/h10,12H,2-9H2,1H3. The van der Waals surface area contributed by atoms with Gasteiger partial charge in [0.25, 0.3) is 0 Å². The smallest absolute Gasteiger partial charge is 0.236 e. The monoisotopic (exact) mass is 211 g/mol. The molecular formula is C11H21N3O. The molecular weight excluding hydrogens is 190 g/mol. The van der Waals surface area contributed by atoms with Gasteiger partial charge in [-0.2, -0.15) is 0 Å². The van der Waals surface area contributed by atoms with Crippen LogP contribution in [0.15, 0.2) is 0 Å². The van der Waals surface area contributed by atoms with E-state index in [1.165, 1.54) is 0 Å². The van der Waals surface area contributed by atoms with Gasteiger partial charge in [0, 0.05) is 12.6 Å². The van der Waals surface area contributed by atoms with Crippen LogP contribution >= 0.6 is 0 Å². The summed E-state index contributed by atoms with van der Waals surface area (Å²) in [4.78, 5) is 16.3. The average Bonchev–Trinajstić information content (AvgIpc) is 2.44. The lowest BCUT2D eigenvalue weighted by atomic mass is 10.0. The third-order valence-corrected chi connectivity index (χ3v) is 3.48. The fourth-order valence-electron chi connectivity index (χ4n) is 2.49. The predicted octanol–water partition coefficient (Wildman–Crippen LogP) is -0.0975. The van der Waals surface area contributed by atoms with Crippen molar-refractivity contribution in [2.24, 2.45) is 0 Å². The zero-order valence-corrected chi connectivity index (χ0v) is 9.54. The van der Waals surface area contributed by atoms with Gasteiger partial charge in [-0.25, -0.2) is 0 Å². The summed E-state index contributed by atoms with van der Waals surface area (Å²) in [5.74, 6) is 0.294. The Balaban J connectivity index is 1.92. The van der Waals surface area contributed by atoms with E-state index in [-0.39, 0.29) is 0 Å². The van der Waals surface area contributed by atoms with Crippen molar-refractivity contribution in [2.75, 3.05) is 39.8 Å². The number of hydrogen-bond acceptors (Lipinski definition) is 3. The van der Waals surface area contributed by atoms with Crippen molar-refractivity contribution < 1.29 is 4.79 Å². The zero-order chi connectivity index (χ0) is 10.7. The number of carbonyl (C=O) groups excluding carboxylic acids is 1. The van der Waals surface area contributed by atoms with E-state index in [9.17, 15) is 4.79 Å². The molecule has 0 aromatic heterocycles. The Morgan fingerprint density at radius 1 is 1.27 bits per heavy atom. The van der Waals surface area contributed by atoms with Gasteiger partial charge in [-0.05, 0) is 45.9 Å². The Bertz CT molecular complexity index is 224. The van der Waals surface area contributed by atoms with E-state index >= 15 is 0 Å². The lowest BCUT2D eigenvalue weighted by Gasteiger charge is -2.36. The van der Waals surface area contributed by atoms with E-state index in [2.05, 4.69) is 22.2 Å². The van der Waals surface area contributed by atoms with Crippen molar-refractivity contribution >= 4 is 5.91 Å². The molecule has 0 aromatic carbocycles. The first kappa shape index (κ1) is 10.9. The number of nitrogens with one attached hydrogen (secondary N) is 1. The molecule has 0 radical (unpaired) electrons. The summed E-state index contributed by atoms with van der Waals surface area (Å²) in [5.41, 5.74) is 0.